The maximum atomic E-state index is 10.6. The van der Waals surface area contributed by atoms with E-state index >= 15 is 0 Å². The molecule has 1 fully saturated rings. The quantitative estimate of drug-likeness (QED) is 0.635. The van der Waals surface area contributed by atoms with Crippen LogP contribution in [0.1, 0.15) is 13.8 Å². The lowest BCUT2D eigenvalue weighted by Gasteiger charge is -2.29. The van der Waals surface area contributed by atoms with Crippen molar-refractivity contribution < 1.29 is 4.92 Å². The Kier molecular flexibility index (Phi) is 3.47. The molecular formula is C12H18N4O2. The molecule has 0 saturated carbocycles. The van der Waals surface area contributed by atoms with Gasteiger partial charge in [0.15, 0.2) is 0 Å². The van der Waals surface area contributed by atoms with Crippen molar-refractivity contribution in [1.82, 2.24) is 10.3 Å². The van der Waals surface area contributed by atoms with Crippen molar-refractivity contribution >= 4 is 11.5 Å². The van der Waals surface area contributed by atoms with E-state index in [4.69, 9.17) is 0 Å². The van der Waals surface area contributed by atoms with E-state index in [2.05, 4.69) is 29.0 Å². The van der Waals surface area contributed by atoms with Crippen LogP contribution in [-0.2, 0) is 0 Å². The lowest BCUT2D eigenvalue weighted by atomic mass is 9.93. The van der Waals surface area contributed by atoms with Gasteiger partial charge in [0.05, 0.1) is 4.92 Å². The summed E-state index contributed by atoms with van der Waals surface area (Å²) in [5, 5.41) is 14.0. The summed E-state index contributed by atoms with van der Waals surface area (Å²) in [7, 11) is 0. The summed E-state index contributed by atoms with van der Waals surface area (Å²) in [6, 6.07) is 3.23. The third-order valence-corrected chi connectivity index (χ3v) is 3.05. The molecule has 0 atom stereocenters. The molecule has 0 aromatic carbocycles. The molecule has 6 heteroatoms. The molecule has 0 aliphatic carbocycles. The number of nitrogens with one attached hydrogen (secondary N) is 1. The molecule has 0 unspecified atom stereocenters. The molecule has 2 heterocycles. The zero-order valence-electron chi connectivity index (χ0n) is 10.7. The van der Waals surface area contributed by atoms with E-state index in [9.17, 15) is 10.1 Å². The second-order valence-corrected chi connectivity index (χ2v) is 5.39. The van der Waals surface area contributed by atoms with Gasteiger partial charge in [0.1, 0.15) is 12.0 Å². The van der Waals surface area contributed by atoms with Gasteiger partial charge >= 0.3 is 0 Å². The normalized spacial score (nSPS) is 19.3. The first kappa shape index (κ1) is 12.8. The summed E-state index contributed by atoms with van der Waals surface area (Å²) in [6.07, 6.45) is 1.32. The summed E-state index contributed by atoms with van der Waals surface area (Å²) in [5.74, 6) is 0.803. The zero-order valence-corrected chi connectivity index (χ0v) is 10.7. The minimum absolute atomic E-state index is 0.0333. The Hall–Kier alpha value is -1.69. The van der Waals surface area contributed by atoms with Crippen molar-refractivity contribution in [2.24, 2.45) is 5.41 Å². The van der Waals surface area contributed by atoms with E-state index in [1.54, 1.807) is 6.07 Å². The average Bonchev–Trinajstić information content (AvgIpc) is 2.50. The highest BCUT2D eigenvalue weighted by Gasteiger charge is 2.25. The molecule has 2 rings (SSSR count). The first-order valence-corrected chi connectivity index (χ1v) is 6.04. The van der Waals surface area contributed by atoms with E-state index in [0.29, 0.717) is 0 Å². The summed E-state index contributed by atoms with van der Waals surface area (Å²) in [5.41, 5.74) is 0.200. The predicted octanol–water partition coefficient (Wildman–Crippen LogP) is 1.43. The van der Waals surface area contributed by atoms with Gasteiger partial charge in [-0.2, -0.15) is 0 Å². The monoisotopic (exact) mass is 250 g/mol. The average molecular weight is 250 g/mol. The number of aromatic nitrogens is 1. The second kappa shape index (κ2) is 4.89. The van der Waals surface area contributed by atoms with Crippen LogP contribution >= 0.6 is 0 Å². The van der Waals surface area contributed by atoms with Crippen molar-refractivity contribution in [3.63, 3.8) is 0 Å². The molecule has 6 nitrogen and oxygen atoms in total. The predicted molar refractivity (Wildman–Crippen MR) is 69.8 cm³/mol. The first-order valence-electron chi connectivity index (χ1n) is 6.04. The van der Waals surface area contributed by atoms with Crippen molar-refractivity contribution in [3.05, 3.63) is 28.4 Å². The number of anilines is 1. The molecule has 1 saturated heterocycles. The Balaban J connectivity index is 2.17. The standard InChI is InChI=1S/C12H18N4O2/c1-12(2)8-13-5-6-15(9-12)11-4-3-10(7-14-11)16(17)18/h3-4,7,13H,5-6,8-9H2,1-2H3. The number of nitrogens with zero attached hydrogens (tertiary/aromatic N) is 3. The largest absolute Gasteiger partial charge is 0.355 e. The zero-order chi connectivity index (χ0) is 13.2. The van der Waals surface area contributed by atoms with Gasteiger partial charge in [-0.25, -0.2) is 4.98 Å². The third-order valence-electron chi connectivity index (χ3n) is 3.05. The van der Waals surface area contributed by atoms with Crippen LogP contribution in [0.3, 0.4) is 0 Å². The van der Waals surface area contributed by atoms with Crippen LogP contribution in [0.25, 0.3) is 0 Å². The van der Waals surface area contributed by atoms with Crippen molar-refractivity contribution in [2.45, 2.75) is 13.8 Å². The molecule has 1 aromatic heterocycles. The smallest absolute Gasteiger partial charge is 0.287 e. The van der Waals surface area contributed by atoms with E-state index in [-0.39, 0.29) is 11.1 Å². The maximum absolute atomic E-state index is 10.6. The van der Waals surface area contributed by atoms with E-state index in [1.807, 2.05) is 0 Å². The number of pyridine rings is 1. The van der Waals surface area contributed by atoms with E-state index < -0.39 is 4.92 Å². The summed E-state index contributed by atoms with van der Waals surface area (Å²) >= 11 is 0. The molecule has 0 amide bonds. The molecule has 0 radical (unpaired) electrons. The van der Waals surface area contributed by atoms with Crippen LogP contribution in [0.4, 0.5) is 11.5 Å². The van der Waals surface area contributed by atoms with Crippen LogP contribution in [0.5, 0.6) is 0 Å². The lowest BCUT2D eigenvalue weighted by molar-refractivity contribution is -0.385. The van der Waals surface area contributed by atoms with Crippen LogP contribution < -0.4 is 10.2 Å². The van der Waals surface area contributed by atoms with Crippen LogP contribution in [0.15, 0.2) is 18.3 Å². The fourth-order valence-electron chi connectivity index (χ4n) is 2.16. The third kappa shape index (κ3) is 2.95. The number of rotatable bonds is 2. The molecule has 1 aromatic rings. The highest BCUT2D eigenvalue weighted by atomic mass is 16.6. The van der Waals surface area contributed by atoms with Gasteiger partial charge in [-0.3, -0.25) is 10.1 Å². The lowest BCUT2D eigenvalue weighted by Crippen LogP contribution is -2.35. The van der Waals surface area contributed by atoms with E-state index in [1.165, 1.54) is 12.3 Å². The Morgan fingerprint density at radius 1 is 1.50 bits per heavy atom. The van der Waals surface area contributed by atoms with Crippen molar-refractivity contribution in [1.29, 1.82) is 0 Å². The molecule has 1 aliphatic heterocycles. The highest BCUT2D eigenvalue weighted by Crippen LogP contribution is 2.23. The highest BCUT2D eigenvalue weighted by molar-refractivity contribution is 5.43. The fraction of sp³-hybridized carbons (Fsp3) is 0.583. The fourth-order valence-corrected chi connectivity index (χ4v) is 2.16. The van der Waals surface area contributed by atoms with E-state index in [0.717, 1.165) is 32.0 Å². The number of nitro groups is 1. The topological polar surface area (TPSA) is 71.3 Å². The molecule has 0 spiro atoms. The van der Waals surface area contributed by atoms with Crippen LogP contribution in [-0.4, -0.2) is 36.1 Å². The van der Waals surface area contributed by atoms with Gasteiger partial charge in [-0.15, -0.1) is 0 Å². The van der Waals surface area contributed by atoms with Gasteiger partial charge < -0.3 is 10.2 Å². The molecule has 1 N–H and O–H groups in total. The van der Waals surface area contributed by atoms with Gasteiger partial charge in [0, 0.05) is 32.2 Å². The SMILES string of the molecule is CC1(C)CNCCN(c2ccc([N+](=O)[O-])cn2)C1. The Labute approximate surface area is 106 Å². The van der Waals surface area contributed by atoms with Crippen LogP contribution in [0, 0.1) is 15.5 Å². The van der Waals surface area contributed by atoms with Gasteiger partial charge in [-0.05, 0) is 11.5 Å². The minimum atomic E-state index is -0.426. The molecular weight excluding hydrogens is 232 g/mol. The Morgan fingerprint density at radius 3 is 2.89 bits per heavy atom. The van der Waals surface area contributed by atoms with Crippen molar-refractivity contribution in [2.75, 3.05) is 31.1 Å². The van der Waals surface area contributed by atoms with Crippen LogP contribution in [0.2, 0.25) is 0 Å². The molecule has 98 valence electrons. The molecule has 18 heavy (non-hydrogen) atoms. The summed E-state index contributed by atoms with van der Waals surface area (Å²) < 4.78 is 0. The first-order chi connectivity index (χ1) is 8.48. The molecule has 1 aliphatic rings. The number of hydrogen-bond donors (Lipinski definition) is 1. The second-order valence-electron chi connectivity index (χ2n) is 5.39. The molecule has 0 bridgehead atoms. The van der Waals surface area contributed by atoms with Gasteiger partial charge in [0.2, 0.25) is 0 Å². The van der Waals surface area contributed by atoms with Crippen molar-refractivity contribution in [3.8, 4) is 0 Å². The Bertz CT molecular complexity index is 430. The summed E-state index contributed by atoms with van der Waals surface area (Å²) in [6.45, 7) is 8.03. The summed E-state index contributed by atoms with van der Waals surface area (Å²) in [4.78, 5) is 16.5. The maximum Gasteiger partial charge on any atom is 0.287 e. The number of hydrogen-bond acceptors (Lipinski definition) is 5. The Morgan fingerprint density at radius 2 is 2.28 bits per heavy atom. The minimum Gasteiger partial charge on any atom is -0.355 e. The van der Waals surface area contributed by atoms with Gasteiger partial charge in [0.25, 0.3) is 5.69 Å². The van der Waals surface area contributed by atoms with Gasteiger partial charge in [-0.1, -0.05) is 13.8 Å².